The highest BCUT2D eigenvalue weighted by atomic mass is 32.3. The van der Waals surface area contributed by atoms with Crippen LogP contribution in [0.25, 0.3) is 10.9 Å². The summed E-state index contributed by atoms with van der Waals surface area (Å²) in [5.74, 6) is -1.18. The number of carbonyl (C=O) groups excluding carboxylic acids is 2. The molecule has 0 aliphatic rings. The van der Waals surface area contributed by atoms with Crippen molar-refractivity contribution in [2.45, 2.75) is 23.6 Å². The lowest BCUT2D eigenvalue weighted by atomic mass is 10.0. The summed E-state index contributed by atoms with van der Waals surface area (Å²) in [5, 5.41) is 0.189. The number of hydrogen-bond acceptors (Lipinski definition) is 7. The Morgan fingerprint density at radius 3 is 1.78 bits per heavy atom. The largest absolute Gasteiger partial charge is 0.465 e. The van der Waals surface area contributed by atoms with Crippen LogP contribution in [0.1, 0.15) is 33.3 Å². The minimum atomic E-state index is -4.74. The normalized spacial score (nSPS) is 11.9. The molecule has 0 amide bonds. The summed E-state index contributed by atoms with van der Waals surface area (Å²) in [6.45, 7) is 2.92. The van der Waals surface area contributed by atoms with Gasteiger partial charge in [0, 0.05) is 16.6 Å². The number of H-pyrrole nitrogens is 1. The third kappa shape index (κ3) is 4.16. The molecule has 186 valence electrons. The molecule has 36 heavy (non-hydrogen) atoms. The summed E-state index contributed by atoms with van der Waals surface area (Å²) in [5.41, 5.74) is 0.166. The third-order valence-corrected chi connectivity index (χ3v) is 9.74. The molecule has 1 N–H and O–H groups in total. The van der Waals surface area contributed by atoms with Crippen LogP contribution < -0.4 is 3.71 Å². The van der Waals surface area contributed by atoms with Gasteiger partial charge in [0.1, 0.15) is 0 Å². The first kappa shape index (κ1) is 25.1. The molecule has 4 aromatic rings. The molecule has 1 heterocycles. The maximum Gasteiger partial charge on any atom is 0.337 e. The number of aromatic nitrogens is 1. The molecule has 0 atom stereocenters. The van der Waals surface area contributed by atoms with Crippen LogP contribution in [0.2, 0.25) is 0 Å². The predicted octanol–water partition coefficient (Wildman–Crippen LogP) is 4.05. The lowest BCUT2D eigenvalue weighted by molar-refractivity contribution is 0.0600. The number of hydrogen-bond donors (Lipinski definition) is 1. The lowest BCUT2D eigenvalue weighted by Gasteiger charge is -2.25. The fourth-order valence-electron chi connectivity index (χ4n) is 4.01. The summed E-state index contributed by atoms with van der Waals surface area (Å²) in [6.07, 6.45) is 0. The zero-order valence-corrected chi connectivity index (χ0v) is 21.2. The Morgan fingerprint density at radius 2 is 1.33 bits per heavy atom. The molecule has 0 bridgehead atoms. The number of nitrogens with zero attached hydrogens (tertiary/aromatic N) is 1. The molecule has 0 spiro atoms. The number of anilines is 1. The van der Waals surface area contributed by atoms with E-state index in [2.05, 4.69) is 4.98 Å². The first-order valence-corrected chi connectivity index (χ1v) is 13.5. The predicted molar refractivity (Wildman–Crippen MR) is 134 cm³/mol. The van der Waals surface area contributed by atoms with E-state index in [9.17, 15) is 26.4 Å². The van der Waals surface area contributed by atoms with Crippen molar-refractivity contribution in [2.24, 2.45) is 0 Å². The fraction of sp³-hybridized carbons (Fsp3) is 0.120. The van der Waals surface area contributed by atoms with Gasteiger partial charge >= 0.3 is 5.97 Å². The standard InChI is InChI=1S/C25H22N2O7S2/c1-16-23(17(2)28)21-14-18(25(29)34-3)15-22(24(21)26-16)27(35(30,31)19-10-6-4-7-11-19)36(32,33)20-12-8-5-9-13-20/h4-15,26H,1-3H3. The van der Waals surface area contributed by atoms with Crippen molar-refractivity contribution in [1.29, 1.82) is 0 Å². The number of aryl methyl sites for hydroxylation is 1. The SMILES string of the molecule is COC(=O)c1cc(N(S(=O)(=O)c2ccccc2)S(=O)(=O)c2ccccc2)c2[nH]c(C)c(C(C)=O)c2c1. The highest BCUT2D eigenvalue weighted by Crippen LogP contribution is 2.38. The van der Waals surface area contributed by atoms with Gasteiger partial charge in [-0.25, -0.2) is 21.6 Å². The number of rotatable bonds is 7. The Morgan fingerprint density at radius 1 is 0.833 bits per heavy atom. The zero-order chi connectivity index (χ0) is 26.3. The van der Waals surface area contributed by atoms with Gasteiger partial charge in [-0.2, -0.15) is 3.71 Å². The number of benzene rings is 3. The molecule has 11 heteroatoms. The van der Waals surface area contributed by atoms with E-state index in [1.165, 1.54) is 61.5 Å². The molecule has 0 fully saturated rings. The maximum atomic E-state index is 13.9. The van der Waals surface area contributed by atoms with Crippen LogP contribution in [-0.2, 0) is 24.8 Å². The van der Waals surface area contributed by atoms with Gasteiger partial charge in [0.2, 0.25) is 0 Å². The Balaban J connectivity index is 2.18. The van der Waals surface area contributed by atoms with E-state index >= 15 is 0 Å². The number of nitrogens with one attached hydrogen (secondary N) is 1. The van der Waals surface area contributed by atoms with Gasteiger partial charge in [-0.3, -0.25) is 4.79 Å². The van der Waals surface area contributed by atoms with E-state index in [4.69, 9.17) is 4.74 Å². The number of Topliss-reactive ketones (excluding diaryl/α,β-unsaturated/α-hetero) is 1. The van der Waals surface area contributed by atoms with E-state index < -0.39 is 26.0 Å². The molecule has 9 nitrogen and oxygen atoms in total. The van der Waals surface area contributed by atoms with Gasteiger partial charge in [-0.15, -0.1) is 0 Å². The summed E-state index contributed by atoms with van der Waals surface area (Å²) in [7, 11) is -8.33. The van der Waals surface area contributed by atoms with Crippen molar-refractivity contribution in [3.63, 3.8) is 0 Å². The van der Waals surface area contributed by atoms with Gasteiger partial charge < -0.3 is 9.72 Å². The van der Waals surface area contributed by atoms with Crippen LogP contribution in [0.4, 0.5) is 5.69 Å². The molecule has 0 saturated heterocycles. The summed E-state index contributed by atoms with van der Waals surface area (Å²) >= 11 is 0. The quantitative estimate of drug-likeness (QED) is 0.284. The molecule has 0 aliphatic carbocycles. The maximum absolute atomic E-state index is 13.9. The third-order valence-electron chi connectivity index (χ3n) is 5.56. The van der Waals surface area contributed by atoms with Crippen molar-refractivity contribution in [3.8, 4) is 0 Å². The van der Waals surface area contributed by atoms with E-state index in [0.717, 1.165) is 13.2 Å². The number of aromatic amines is 1. The Hall–Kier alpha value is -3.96. The van der Waals surface area contributed by atoms with Crippen molar-refractivity contribution >= 4 is 48.4 Å². The van der Waals surface area contributed by atoms with Crippen LogP contribution in [0.3, 0.4) is 0 Å². The van der Waals surface area contributed by atoms with Gasteiger partial charge in [0.05, 0.1) is 33.7 Å². The molecule has 0 unspecified atom stereocenters. The highest BCUT2D eigenvalue weighted by molar-refractivity contribution is 8.10. The average molecular weight is 527 g/mol. The second-order valence-corrected chi connectivity index (χ2v) is 11.7. The zero-order valence-electron chi connectivity index (χ0n) is 19.5. The van der Waals surface area contributed by atoms with E-state index in [1.807, 2.05) is 0 Å². The number of sulfonamides is 2. The molecule has 3 aromatic carbocycles. The number of esters is 1. The number of ketones is 1. The van der Waals surface area contributed by atoms with Crippen LogP contribution in [0.15, 0.2) is 82.6 Å². The first-order valence-electron chi connectivity index (χ1n) is 10.7. The van der Waals surface area contributed by atoms with Crippen LogP contribution in [0.5, 0.6) is 0 Å². The van der Waals surface area contributed by atoms with Crippen molar-refractivity contribution < 1.29 is 31.2 Å². The summed E-state index contributed by atoms with van der Waals surface area (Å²) < 4.78 is 60.8. The topological polar surface area (TPSA) is 131 Å². The van der Waals surface area contributed by atoms with Gasteiger partial charge in [-0.05, 0) is 50.2 Å². The Kier molecular flexibility index (Phi) is 6.46. The first-order chi connectivity index (χ1) is 17.0. The molecular weight excluding hydrogens is 504 g/mol. The number of carbonyl (C=O) groups is 2. The van der Waals surface area contributed by atoms with Crippen LogP contribution >= 0.6 is 0 Å². The Labute approximate surface area is 208 Å². The molecule has 0 radical (unpaired) electrons. The van der Waals surface area contributed by atoms with Crippen LogP contribution in [-0.4, -0.2) is 40.7 Å². The minimum Gasteiger partial charge on any atom is -0.465 e. The highest BCUT2D eigenvalue weighted by Gasteiger charge is 2.39. The minimum absolute atomic E-state index is 0.0596. The average Bonchev–Trinajstić information content (AvgIpc) is 3.20. The van der Waals surface area contributed by atoms with Gasteiger partial charge in [0.25, 0.3) is 20.0 Å². The van der Waals surface area contributed by atoms with Crippen LogP contribution in [0, 0.1) is 6.92 Å². The molecule has 0 aliphatic heterocycles. The monoisotopic (exact) mass is 526 g/mol. The lowest BCUT2D eigenvalue weighted by Crippen LogP contribution is -2.37. The van der Waals surface area contributed by atoms with Crippen molar-refractivity contribution in [1.82, 2.24) is 4.98 Å². The molecule has 0 saturated carbocycles. The summed E-state index contributed by atoms with van der Waals surface area (Å²) in [6, 6.07) is 16.6. The smallest absolute Gasteiger partial charge is 0.337 e. The second kappa shape index (κ2) is 9.25. The number of ether oxygens (including phenoxy) is 1. The van der Waals surface area contributed by atoms with E-state index in [1.54, 1.807) is 19.1 Å². The number of fused-ring (bicyclic) bond motifs is 1. The van der Waals surface area contributed by atoms with Gasteiger partial charge in [-0.1, -0.05) is 36.4 Å². The second-order valence-electron chi connectivity index (χ2n) is 7.92. The van der Waals surface area contributed by atoms with Crippen molar-refractivity contribution in [2.75, 3.05) is 10.8 Å². The van der Waals surface area contributed by atoms with E-state index in [-0.39, 0.29) is 43.3 Å². The molecule has 1 aromatic heterocycles. The number of methoxy groups -OCH3 is 1. The molecule has 4 rings (SSSR count). The summed E-state index contributed by atoms with van der Waals surface area (Å²) in [4.78, 5) is 27.3. The van der Waals surface area contributed by atoms with E-state index in [0.29, 0.717) is 9.40 Å². The Bertz CT molecular complexity index is 1620. The van der Waals surface area contributed by atoms with Crippen molar-refractivity contribution in [3.05, 3.63) is 89.6 Å². The van der Waals surface area contributed by atoms with Gasteiger partial charge in [0.15, 0.2) is 5.78 Å². The fourth-order valence-corrected chi connectivity index (χ4v) is 7.75. The molecular formula is C25H22N2O7S2.